The van der Waals surface area contributed by atoms with E-state index in [1.54, 1.807) is 18.2 Å². The normalized spacial score (nSPS) is 16.7. The first kappa shape index (κ1) is 19.5. The first-order chi connectivity index (χ1) is 14.0. The molecule has 0 amide bonds. The zero-order chi connectivity index (χ0) is 20.4. The van der Waals surface area contributed by atoms with Crippen molar-refractivity contribution in [3.63, 3.8) is 0 Å². The maximum atomic E-state index is 13.8. The zero-order valence-corrected chi connectivity index (χ0v) is 16.6. The second-order valence-corrected chi connectivity index (χ2v) is 7.73. The molecule has 0 spiro atoms. The molecule has 1 aromatic carbocycles. The lowest BCUT2D eigenvalue weighted by molar-refractivity contribution is 0.0521. The van der Waals surface area contributed by atoms with Crippen molar-refractivity contribution in [1.29, 1.82) is 0 Å². The van der Waals surface area contributed by atoms with Crippen LogP contribution in [0.1, 0.15) is 51.3 Å². The van der Waals surface area contributed by atoms with Crippen LogP contribution in [0.4, 0.5) is 10.2 Å². The quantitative estimate of drug-likeness (QED) is 0.671. The van der Waals surface area contributed by atoms with Gasteiger partial charge in [0.15, 0.2) is 22.8 Å². The predicted molar refractivity (Wildman–Crippen MR) is 112 cm³/mol. The molecular formula is C22H26FN5O. The molecule has 4 rings (SSSR count). The van der Waals surface area contributed by atoms with Crippen LogP contribution in [0.15, 0.2) is 30.3 Å². The van der Waals surface area contributed by atoms with Crippen LogP contribution in [-0.2, 0) is 6.54 Å². The Morgan fingerprint density at radius 1 is 1.21 bits per heavy atom. The van der Waals surface area contributed by atoms with Crippen molar-refractivity contribution in [3.8, 4) is 11.4 Å². The van der Waals surface area contributed by atoms with Crippen LogP contribution in [0, 0.1) is 5.82 Å². The molecule has 0 radical (unpaired) electrons. The molecular weight excluding hydrogens is 369 g/mol. The van der Waals surface area contributed by atoms with E-state index in [2.05, 4.69) is 21.9 Å². The number of nitrogens with two attached hydrogens (primary N) is 1. The number of fused-ring (bicyclic) bond motifs is 1. The monoisotopic (exact) mass is 395 g/mol. The van der Waals surface area contributed by atoms with Gasteiger partial charge >= 0.3 is 0 Å². The Morgan fingerprint density at radius 2 is 2.00 bits per heavy atom. The van der Waals surface area contributed by atoms with Crippen molar-refractivity contribution < 1.29 is 9.50 Å². The van der Waals surface area contributed by atoms with Crippen LogP contribution in [0.25, 0.3) is 28.6 Å². The highest BCUT2D eigenvalue weighted by Gasteiger charge is 2.26. The number of anilines is 1. The van der Waals surface area contributed by atoms with Crippen molar-refractivity contribution in [2.24, 2.45) is 0 Å². The van der Waals surface area contributed by atoms with Crippen LogP contribution in [-0.4, -0.2) is 30.2 Å². The highest BCUT2D eigenvalue weighted by molar-refractivity contribution is 5.86. The summed E-state index contributed by atoms with van der Waals surface area (Å²) >= 11 is 0. The molecule has 2 heterocycles. The highest BCUT2D eigenvalue weighted by Crippen LogP contribution is 2.30. The summed E-state index contributed by atoms with van der Waals surface area (Å²) < 4.78 is 15.7. The van der Waals surface area contributed by atoms with E-state index in [1.807, 2.05) is 10.6 Å². The van der Waals surface area contributed by atoms with E-state index in [0.717, 1.165) is 38.5 Å². The number of hydrogen-bond acceptors (Lipinski definition) is 5. The average molecular weight is 395 g/mol. The molecule has 3 aromatic rings. The summed E-state index contributed by atoms with van der Waals surface area (Å²) in [6.45, 7) is 2.73. The van der Waals surface area contributed by atoms with Gasteiger partial charge in [0, 0.05) is 12.1 Å². The first-order valence-electron chi connectivity index (χ1n) is 10.2. The number of hydrogen-bond donors (Lipinski definition) is 2. The van der Waals surface area contributed by atoms with E-state index >= 15 is 0 Å². The Balaban J connectivity index is 1.79. The summed E-state index contributed by atoms with van der Waals surface area (Å²) in [4.78, 5) is 13.6. The number of aliphatic hydroxyl groups is 1. The van der Waals surface area contributed by atoms with Crippen molar-refractivity contribution in [3.05, 3.63) is 42.0 Å². The minimum Gasteiger partial charge on any atom is -0.386 e. The van der Waals surface area contributed by atoms with Crippen LogP contribution in [0.2, 0.25) is 0 Å². The van der Waals surface area contributed by atoms with Gasteiger partial charge < -0.3 is 15.4 Å². The predicted octanol–water partition coefficient (Wildman–Crippen LogP) is 4.33. The molecule has 6 nitrogen and oxygen atoms in total. The lowest BCUT2D eigenvalue weighted by Crippen LogP contribution is -2.28. The molecule has 1 saturated carbocycles. The number of nitrogen functional groups attached to an aromatic ring is 1. The molecule has 152 valence electrons. The Kier molecular flexibility index (Phi) is 5.32. The Labute approximate surface area is 169 Å². The van der Waals surface area contributed by atoms with Gasteiger partial charge in [-0.15, -0.1) is 0 Å². The maximum absolute atomic E-state index is 13.8. The molecule has 7 heteroatoms. The topological polar surface area (TPSA) is 89.9 Å². The molecule has 1 fully saturated rings. The molecule has 2 aromatic heterocycles. The summed E-state index contributed by atoms with van der Waals surface area (Å²) in [6, 6.07) is 6.34. The number of aryl methyl sites for hydroxylation is 1. The van der Waals surface area contributed by atoms with Gasteiger partial charge in [-0.25, -0.2) is 19.3 Å². The van der Waals surface area contributed by atoms with Gasteiger partial charge in [-0.3, -0.25) is 0 Å². The number of aromatic nitrogens is 4. The second-order valence-electron chi connectivity index (χ2n) is 7.73. The van der Waals surface area contributed by atoms with Gasteiger partial charge in [0.2, 0.25) is 0 Å². The Hall–Kier alpha value is -2.80. The largest absolute Gasteiger partial charge is 0.386 e. The third kappa shape index (κ3) is 4.00. The fourth-order valence-corrected chi connectivity index (χ4v) is 3.96. The SMILES string of the molecule is CCCn1c(-c2cccc(F)c2)nc2c(N)nc(/C=C/C3(O)CCCCC3)nc21. The Bertz CT molecular complexity index is 1050. The number of imidazole rings is 1. The third-order valence-corrected chi connectivity index (χ3v) is 5.43. The number of nitrogens with zero attached hydrogens (tertiary/aromatic N) is 4. The molecule has 29 heavy (non-hydrogen) atoms. The molecule has 3 N–H and O–H groups in total. The first-order valence-corrected chi connectivity index (χ1v) is 10.2. The smallest absolute Gasteiger partial charge is 0.166 e. The van der Waals surface area contributed by atoms with E-state index in [-0.39, 0.29) is 11.6 Å². The minimum absolute atomic E-state index is 0.276. The van der Waals surface area contributed by atoms with Crippen LogP contribution in [0.5, 0.6) is 0 Å². The summed E-state index contributed by atoms with van der Waals surface area (Å²) in [7, 11) is 0. The number of halogens is 1. The Morgan fingerprint density at radius 3 is 2.72 bits per heavy atom. The van der Waals surface area contributed by atoms with E-state index < -0.39 is 5.60 Å². The molecule has 0 unspecified atom stereocenters. The van der Waals surface area contributed by atoms with E-state index in [0.29, 0.717) is 34.9 Å². The van der Waals surface area contributed by atoms with Gasteiger partial charge in [0.1, 0.15) is 11.6 Å². The lowest BCUT2D eigenvalue weighted by atomic mass is 9.84. The molecule has 0 atom stereocenters. The molecule has 0 aliphatic heterocycles. The summed E-state index contributed by atoms with van der Waals surface area (Å²) in [6.07, 6.45) is 9.09. The van der Waals surface area contributed by atoms with Gasteiger partial charge in [-0.1, -0.05) is 38.3 Å². The minimum atomic E-state index is -0.804. The summed E-state index contributed by atoms with van der Waals surface area (Å²) in [5, 5.41) is 10.7. The van der Waals surface area contributed by atoms with Gasteiger partial charge in [0.05, 0.1) is 5.60 Å². The van der Waals surface area contributed by atoms with Gasteiger partial charge in [0.25, 0.3) is 0 Å². The third-order valence-electron chi connectivity index (χ3n) is 5.43. The average Bonchev–Trinajstić information content (AvgIpc) is 3.07. The summed E-state index contributed by atoms with van der Waals surface area (Å²) in [5.74, 6) is 1.02. The zero-order valence-electron chi connectivity index (χ0n) is 16.6. The van der Waals surface area contributed by atoms with Crippen LogP contribution < -0.4 is 5.73 Å². The second kappa shape index (κ2) is 7.91. The molecule has 1 aliphatic carbocycles. The molecule has 0 bridgehead atoms. The maximum Gasteiger partial charge on any atom is 0.166 e. The fraction of sp³-hybridized carbons (Fsp3) is 0.409. The molecule has 1 aliphatic rings. The van der Waals surface area contributed by atoms with E-state index in [4.69, 9.17) is 5.73 Å². The van der Waals surface area contributed by atoms with E-state index in [9.17, 15) is 9.50 Å². The van der Waals surface area contributed by atoms with Gasteiger partial charge in [-0.2, -0.15) is 0 Å². The van der Waals surface area contributed by atoms with Crippen molar-refractivity contribution in [1.82, 2.24) is 19.5 Å². The fourth-order valence-electron chi connectivity index (χ4n) is 3.96. The van der Waals surface area contributed by atoms with Gasteiger partial charge in [-0.05, 0) is 43.5 Å². The van der Waals surface area contributed by atoms with Crippen molar-refractivity contribution >= 4 is 23.1 Å². The van der Waals surface area contributed by atoms with Crippen molar-refractivity contribution in [2.45, 2.75) is 57.6 Å². The van der Waals surface area contributed by atoms with Crippen LogP contribution in [0.3, 0.4) is 0 Å². The standard InChI is InChI=1S/C22H26FN5O/c1-2-13-28-20(15-7-6-8-16(23)14-15)27-18-19(24)25-17(26-21(18)28)9-12-22(29)10-4-3-5-11-22/h6-9,12,14,29H,2-5,10-11,13H2,1H3,(H2,24,25,26)/b12-9+. The van der Waals surface area contributed by atoms with Crippen LogP contribution >= 0.6 is 0 Å². The van der Waals surface area contributed by atoms with Crippen molar-refractivity contribution in [2.75, 3.05) is 5.73 Å². The summed E-state index contributed by atoms with van der Waals surface area (Å²) in [5.41, 5.74) is 7.18. The lowest BCUT2D eigenvalue weighted by Gasteiger charge is -2.28. The number of benzene rings is 1. The highest BCUT2D eigenvalue weighted by atomic mass is 19.1. The van der Waals surface area contributed by atoms with E-state index in [1.165, 1.54) is 12.1 Å². The number of rotatable bonds is 5. The molecule has 0 saturated heterocycles.